The molecule has 10 nitrogen and oxygen atoms in total. The number of aromatic nitrogens is 2. The van der Waals surface area contributed by atoms with Gasteiger partial charge in [0.15, 0.2) is 9.84 Å². The molecule has 2 saturated heterocycles. The number of carbonyl (C=O) groups excluding carboxylic acids is 1. The zero-order valence-electron chi connectivity index (χ0n) is 24.5. The van der Waals surface area contributed by atoms with E-state index in [1.54, 1.807) is 0 Å². The summed E-state index contributed by atoms with van der Waals surface area (Å²) in [5.74, 6) is -0.949. The van der Waals surface area contributed by atoms with Crippen LogP contribution in [-0.4, -0.2) is 98.4 Å². The number of aryl methyl sites for hydroxylation is 1. The average Bonchev–Trinajstić information content (AvgIpc) is 3.38. The number of nitrogens with zero attached hydrogens (tertiary/aromatic N) is 5. The lowest BCUT2D eigenvalue weighted by molar-refractivity contribution is -0.137. The van der Waals surface area contributed by atoms with Crippen molar-refractivity contribution in [2.45, 2.75) is 43.4 Å². The molecule has 1 amide bonds. The molecule has 0 radical (unpaired) electrons. The monoisotopic (exact) mass is 650 g/mol. The van der Waals surface area contributed by atoms with Crippen LogP contribution in [0.25, 0.3) is 10.6 Å². The fourth-order valence-electron chi connectivity index (χ4n) is 5.78. The molecular formula is C29H33F3N6O4S2. The molecule has 0 bridgehead atoms. The molecule has 1 N–H and O–H groups in total. The Hall–Kier alpha value is -3.27. The SMILES string of the molecule is CCc1cc(N2CCN(C3COC3)C[C@@H]2C)ccc1Nc1ncc(C(F)(F)F)c(-c2cc3c(s2)C(=O)N(C)CCS3(=O)=O)n1. The van der Waals surface area contributed by atoms with Gasteiger partial charge < -0.3 is 19.9 Å². The molecule has 2 fully saturated rings. The minimum atomic E-state index is -4.81. The van der Waals surface area contributed by atoms with Crippen molar-refractivity contribution in [2.75, 3.05) is 62.4 Å². The number of rotatable bonds is 6. The van der Waals surface area contributed by atoms with E-state index in [9.17, 15) is 26.4 Å². The number of hydrogen-bond acceptors (Lipinski definition) is 10. The number of sulfone groups is 1. The molecule has 2 aromatic heterocycles. The van der Waals surface area contributed by atoms with Gasteiger partial charge >= 0.3 is 6.18 Å². The van der Waals surface area contributed by atoms with E-state index in [4.69, 9.17) is 4.74 Å². The molecule has 1 aromatic carbocycles. The highest BCUT2D eigenvalue weighted by atomic mass is 32.2. The molecule has 44 heavy (non-hydrogen) atoms. The van der Waals surface area contributed by atoms with Crippen LogP contribution in [0.4, 0.5) is 30.5 Å². The van der Waals surface area contributed by atoms with Crippen LogP contribution in [0.3, 0.4) is 0 Å². The average molecular weight is 651 g/mol. The molecule has 15 heteroatoms. The van der Waals surface area contributed by atoms with Gasteiger partial charge in [-0.15, -0.1) is 11.3 Å². The molecular weight excluding hydrogens is 617 g/mol. The maximum Gasteiger partial charge on any atom is 0.420 e. The molecule has 0 saturated carbocycles. The standard InChI is InChI=1S/C29H33F3N6O4S2/c1-4-18-11-19(38-8-7-37(14-17(38)2)20-15-42-16-20)5-6-22(18)34-28-33-13-21(29(30,31)32)25(35-28)23-12-24-26(43-23)27(39)36(3)9-10-44(24,40)41/h5-6,11-13,17,20H,4,7-10,14-16H2,1-3H3,(H,33,34,35)/t17-/m0/s1. The Morgan fingerprint density at radius 3 is 2.59 bits per heavy atom. The number of ether oxygens (including phenoxy) is 1. The lowest BCUT2D eigenvalue weighted by Crippen LogP contribution is -2.59. The van der Waals surface area contributed by atoms with Crippen LogP contribution in [0.15, 0.2) is 35.4 Å². The zero-order chi connectivity index (χ0) is 31.4. The van der Waals surface area contributed by atoms with E-state index in [0.717, 1.165) is 50.2 Å². The summed E-state index contributed by atoms with van der Waals surface area (Å²) in [5.41, 5.74) is 1.05. The predicted octanol–water partition coefficient (Wildman–Crippen LogP) is 4.30. The lowest BCUT2D eigenvalue weighted by Gasteiger charge is -2.46. The summed E-state index contributed by atoms with van der Waals surface area (Å²) >= 11 is 0.689. The molecule has 236 valence electrons. The van der Waals surface area contributed by atoms with Crippen LogP contribution >= 0.6 is 11.3 Å². The van der Waals surface area contributed by atoms with Crippen molar-refractivity contribution < 1.29 is 31.1 Å². The number of benzene rings is 1. The van der Waals surface area contributed by atoms with E-state index in [1.807, 2.05) is 19.1 Å². The summed E-state index contributed by atoms with van der Waals surface area (Å²) in [5, 5.41) is 3.08. The molecule has 3 aromatic rings. The highest BCUT2D eigenvalue weighted by Gasteiger charge is 2.38. The second kappa shape index (κ2) is 11.6. The Labute approximate surface area is 257 Å². The first kappa shape index (κ1) is 30.7. The number of halogens is 3. The molecule has 3 aliphatic heterocycles. The Morgan fingerprint density at radius 1 is 1.16 bits per heavy atom. The molecule has 3 aliphatic rings. The minimum absolute atomic E-state index is 0.00314. The maximum atomic E-state index is 14.1. The van der Waals surface area contributed by atoms with Crippen molar-refractivity contribution in [3.8, 4) is 10.6 Å². The third-order valence-electron chi connectivity index (χ3n) is 8.44. The number of alkyl halides is 3. The van der Waals surface area contributed by atoms with Crippen LogP contribution in [0.5, 0.6) is 0 Å². The van der Waals surface area contributed by atoms with E-state index in [2.05, 4.69) is 38.1 Å². The van der Waals surface area contributed by atoms with E-state index in [-0.39, 0.29) is 32.9 Å². The highest BCUT2D eigenvalue weighted by molar-refractivity contribution is 7.91. The lowest BCUT2D eigenvalue weighted by atomic mass is 10.1. The first-order chi connectivity index (χ1) is 20.9. The molecule has 0 unspecified atom stereocenters. The van der Waals surface area contributed by atoms with Crippen LogP contribution in [0.1, 0.15) is 34.6 Å². The van der Waals surface area contributed by atoms with Crippen molar-refractivity contribution in [1.82, 2.24) is 19.8 Å². The third-order valence-corrected chi connectivity index (χ3v) is 11.4. The van der Waals surface area contributed by atoms with E-state index in [1.165, 1.54) is 11.9 Å². The number of nitrogens with one attached hydrogen (secondary N) is 1. The van der Waals surface area contributed by atoms with Gasteiger partial charge in [0.05, 0.1) is 40.5 Å². The summed E-state index contributed by atoms with van der Waals surface area (Å²) in [6.45, 7) is 8.50. The molecule has 5 heterocycles. The Morgan fingerprint density at radius 2 is 1.93 bits per heavy atom. The molecule has 1 atom stereocenters. The fraction of sp³-hybridized carbons (Fsp3) is 0.483. The van der Waals surface area contributed by atoms with Gasteiger partial charge in [0.1, 0.15) is 10.4 Å². The van der Waals surface area contributed by atoms with E-state index in [0.29, 0.717) is 41.7 Å². The number of hydrogen-bond donors (Lipinski definition) is 1. The van der Waals surface area contributed by atoms with Crippen molar-refractivity contribution in [2.24, 2.45) is 0 Å². The minimum Gasteiger partial charge on any atom is -0.378 e. The summed E-state index contributed by atoms with van der Waals surface area (Å²) in [6.07, 6.45) is -3.47. The van der Waals surface area contributed by atoms with E-state index >= 15 is 0 Å². The topological polar surface area (TPSA) is 108 Å². The van der Waals surface area contributed by atoms with Gasteiger partial charge in [0, 0.05) is 56.8 Å². The van der Waals surface area contributed by atoms with Crippen molar-refractivity contribution >= 4 is 44.4 Å². The Balaban J connectivity index is 1.31. The summed E-state index contributed by atoms with van der Waals surface area (Å²) < 4.78 is 73.4. The zero-order valence-corrected chi connectivity index (χ0v) is 26.2. The molecule has 0 aliphatic carbocycles. The second-order valence-corrected chi connectivity index (χ2v) is 14.5. The fourth-order valence-corrected chi connectivity index (χ4v) is 8.81. The Bertz CT molecular complexity index is 1690. The number of piperazine rings is 1. The van der Waals surface area contributed by atoms with Gasteiger partial charge in [0.25, 0.3) is 5.91 Å². The number of anilines is 3. The highest BCUT2D eigenvalue weighted by Crippen LogP contribution is 2.42. The van der Waals surface area contributed by atoms with Crippen molar-refractivity contribution in [1.29, 1.82) is 0 Å². The second-order valence-electron chi connectivity index (χ2n) is 11.4. The van der Waals surface area contributed by atoms with Gasteiger partial charge in [-0.25, -0.2) is 18.4 Å². The number of thiophene rings is 1. The summed E-state index contributed by atoms with van der Waals surface area (Å²) in [7, 11) is -2.42. The first-order valence-corrected chi connectivity index (χ1v) is 16.9. The molecule has 0 spiro atoms. The first-order valence-electron chi connectivity index (χ1n) is 14.4. The molecule has 6 rings (SSSR count). The van der Waals surface area contributed by atoms with Gasteiger partial charge in [-0.2, -0.15) is 13.2 Å². The number of amides is 1. The third kappa shape index (κ3) is 5.77. The Kier molecular flexibility index (Phi) is 8.09. The van der Waals surface area contributed by atoms with Gasteiger partial charge in [-0.3, -0.25) is 9.69 Å². The van der Waals surface area contributed by atoms with Gasteiger partial charge in [-0.05, 0) is 43.2 Å². The largest absolute Gasteiger partial charge is 0.420 e. The van der Waals surface area contributed by atoms with E-state index < -0.39 is 33.2 Å². The van der Waals surface area contributed by atoms with Gasteiger partial charge in [-0.1, -0.05) is 6.92 Å². The van der Waals surface area contributed by atoms with Crippen LogP contribution in [-0.2, 0) is 27.2 Å². The van der Waals surface area contributed by atoms with Crippen molar-refractivity contribution in [3.63, 3.8) is 0 Å². The predicted molar refractivity (Wildman–Crippen MR) is 161 cm³/mol. The van der Waals surface area contributed by atoms with Gasteiger partial charge in [0.2, 0.25) is 5.95 Å². The van der Waals surface area contributed by atoms with Crippen LogP contribution in [0, 0.1) is 0 Å². The van der Waals surface area contributed by atoms with Crippen molar-refractivity contribution in [3.05, 3.63) is 46.5 Å². The summed E-state index contributed by atoms with van der Waals surface area (Å²) in [4.78, 5) is 26.6. The number of carbonyl (C=O) groups is 1. The van der Waals surface area contributed by atoms with Crippen LogP contribution in [0.2, 0.25) is 0 Å². The maximum absolute atomic E-state index is 14.1. The van der Waals surface area contributed by atoms with Crippen LogP contribution < -0.4 is 10.2 Å². The number of fused-ring (bicyclic) bond motifs is 1. The normalized spacial score (nSPS) is 21.1. The smallest absolute Gasteiger partial charge is 0.378 e. The summed E-state index contributed by atoms with van der Waals surface area (Å²) in [6, 6.07) is 7.84. The quantitative estimate of drug-likeness (QED) is 0.418.